The highest BCUT2D eigenvalue weighted by Crippen LogP contribution is 2.17. The number of nitrogens with zero attached hydrogens (tertiary/aromatic N) is 10. The number of hydrogen-bond donors (Lipinski definition) is 3. The molecule has 0 atom stereocenters. The maximum absolute atomic E-state index is 12.2. The van der Waals surface area contributed by atoms with Gasteiger partial charge in [-0.3, -0.25) is 19.7 Å². The van der Waals surface area contributed by atoms with E-state index in [0.717, 1.165) is 46.3 Å². The van der Waals surface area contributed by atoms with Crippen LogP contribution in [0.3, 0.4) is 0 Å². The van der Waals surface area contributed by atoms with E-state index in [2.05, 4.69) is 80.8 Å². The van der Waals surface area contributed by atoms with Crippen molar-refractivity contribution in [3.63, 3.8) is 0 Å². The van der Waals surface area contributed by atoms with Crippen molar-refractivity contribution < 1.29 is 28.1 Å². The van der Waals surface area contributed by atoms with E-state index in [1.807, 2.05) is 127 Å². The molecule has 0 aliphatic carbocycles. The Morgan fingerprint density at radius 2 is 1.04 bits per heavy atom. The van der Waals surface area contributed by atoms with Gasteiger partial charge in [0.2, 0.25) is 29.5 Å². The molecule has 0 unspecified atom stereocenters. The van der Waals surface area contributed by atoms with Crippen LogP contribution in [0.2, 0.25) is 0 Å². The summed E-state index contributed by atoms with van der Waals surface area (Å²) in [5.41, 5.74) is 20.9. The fourth-order valence-electron chi connectivity index (χ4n) is 5.51. The zero-order valence-electron chi connectivity index (χ0n) is 48.7. The summed E-state index contributed by atoms with van der Waals surface area (Å²) in [4.78, 5) is 52.2. The van der Waals surface area contributed by atoms with Crippen LogP contribution in [0, 0.1) is 68.3 Å². The Hall–Kier alpha value is -9.46. The zero-order chi connectivity index (χ0) is 59.7. The summed E-state index contributed by atoms with van der Waals surface area (Å²) in [5, 5.41) is 0. The molecule has 20 heteroatoms. The van der Waals surface area contributed by atoms with E-state index in [1.165, 1.54) is 30.8 Å². The topological polar surface area (TPSA) is 260 Å². The highest BCUT2D eigenvalue weighted by molar-refractivity contribution is 5.48. The Labute approximate surface area is 470 Å². The second-order valence-corrected chi connectivity index (χ2v) is 16.5. The molecule has 0 aliphatic rings. The molecular formula is C60H78FN13O6. The van der Waals surface area contributed by atoms with E-state index >= 15 is 0 Å². The largest absolute Gasteiger partial charge is 0.481 e. The summed E-state index contributed by atoms with van der Waals surface area (Å²) in [6.45, 7) is 21.8. The lowest BCUT2D eigenvalue weighted by Crippen LogP contribution is -2.05. The Kier molecular flexibility index (Phi) is 34.9. The molecule has 0 bridgehead atoms. The molecule has 0 aliphatic heterocycles. The predicted octanol–water partition coefficient (Wildman–Crippen LogP) is 10.9. The highest BCUT2D eigenvalue weighted by Gasteiger charge is 2.00. The maximum Gasteiger partial charge on any atom is 0.266 e. The third-order valence-electron chi connectivity index (χ3n) is 9.45. The van der Waals surface area contributed by atoms with Crippen LogP contribution < -0.4 is 40.7 Å². The summed E-state index contributed by atoms with van der Waals surface area (Å²) >= 11 is 0. The van der Waals surface area contributed by atoms with Gasteiger partial charge >= 0.3 is 0 Å². The van der Waals surface area contributed by atoms with Gasteiger partial charge in [0, 0.05) is 70.5 Å². The van der Waals surface area contributed by atoms with Gasteiger partial charge < -0.3 is 40.1 Å². The molecule has 0 radical (unpaired) electrons. The number of ether oxygens (including phenoxy) is 5. The van der Waals surface area contributed by atoms with E-state index in [1.54, 1.807) is 78.2 Å². The van der Waals surface area contributed by atoms with Crippen LogP contribution in [0.1, 0.15) is 70.5 Å². The first-order valence-electron chi connectivity index (χ1n) is 25.1. The number of anilines is 2. The van der Waals surface area contributed by atoms with Gasteiger partial charge in [-0.2, -0.15) is 4.39 Å². The number of aryl methyl sites for hydroxylation is 10. The second kappa shape index (κ2) is 40.7. The van der Waals surface area contributed by atoms with Crippen molar-refractivity contribution in [1.29, 1.82) is 0 Å². The van der Waals surface area contributed by atoms with Crippen molar-refractivity contribution in [2.24, 2.45) is 0 Å². The Balaban J connectivity index is 0.000000451. The van der Waals surface area contributed by atoms with Crippen LogP contribution in [0.4, 0.5) is 15.9 Å². The molecule has 5 N–H and O–H groups in total. The molecule has 0 fully saturated rings. The molecule has 19 nitrogen and oxygen atoms in total. The van der Waals surface area contributed by atoms with Crippen LogP contribution in [0.15, 0.2) is 151 Å². The average molecular weight is 1100 g/mol. The van der Waals surface area contributed by atoms with Crippen LogP contribution in [-0.2, 0) is 6.42 Å². The minimum absolute atomic E-state index is 0.148. The zero-order valence-corrected chi connectivity index (χ0v) is 48.7. The number of rotatable bonds is 7. The number of aromatic amines is 1. The monoisotopic (exact) mass is 1100 g/mol. The van der Waals surface area contributed by atoms with Gasteiger partial charge in [-0.05, 0) is 118 Å². The Morgan fingerprint density at radius 1 is 0.487 bits per heavy atom. The molecule has 0 spiro atoms. The van der Waals surface area contributed by atoms with Crippen molar-refractivity contribution in [2.45, 2.75) is 82.6 Å². The first-order chi connectivity index (χ1) is 38.3. The van der Waals surface area contributed by atoms with Crippen molar-refractivity contribution in [2.75, 3.05) is 46.5 Å². The molecule has 8 heterocycles. The van der Waals surface area contributed by atoms with Crippen LogP contribution >= 0.6 is 0 Å². The number of pyridine rings is 5. The third kappa shape index (κ3) is 32.2. The van der Waals surface area contributed by atoms with E-state index < -0.39 is 0 Å². The summed E-state index contributed by atoms with van der Waals surface area (Å²) in [5.74, 6) is 2.79. The molecular weight excluding hydrogens is 1020 g/mol. The van der Waals surface area contributed by atoms with Crippen LogP contribution in [0.5, 0.6) is 29.4 Å². The van der Waals surface area contributed by atoms with Crippen LogP contribution in [-0.4, -0.2) is 89.9 Å². The van der Waals surface area contributed by atoms with Crippen molar-refractivity contribution in [1.82, 2.24) is 54.8 Å². The lowest BCUT2D eigenvalue weighted by Gasteiger charge is -2.01. The van der Waals surface area contributed by atoms with Gasteiger partial charge in [0.15, 0.2) is 5.82 Å². The molecule has 426 valence electrons. The number of aromatic nitrogens is 11. The Bertz CT molecular complexity index is 2970. The fraction of sp³-hybridized carbons (Fsp3) is 0.283. The average Bonchev–Trinajstić information content (AvgIpc) is 3.45. The van der Waals surface area contributed by atoms with E-state index in [0.29, 0.717) is 53.1 Å². The molecule has 9 rings (SSSR count). The van der Waals surface area contributed by atoms with E-state index in [-0.39, 0.29) is 11.5 Å². The summed E-state index contributed by atoms with van der Waals surface area (Å²) in [6, 6.07) is 34.8. The number of nitrogen functional groups attached to an aromatic ring is 2. The quantitative estimate of drug-likeness (QED) is 0.125. The number of nitrogens with one attached hydrogen (secondary N) is 1. The normalized spacial score (nSPS) is 9.25. The lowest BCUT2D eigenvalue weighted by atomic mass is 10.2. The SMILES string of the molecule is CCOc1cccc(C)n1.CCc1cccc(C)n1.COc1cccc(C)n1.COc1cncc(C)n1.COc1nc(C)ccc1N.COc1nc(C)cnc1N.Cc1ccccc1.Cc1cccnc1F.Cc1cncc(=O)[nH]1. The smallest absolute Gasteiger partial charge is 0.266 e. The minimum Gasteiger partial charge on any atom is -0.481 e. The summed E-state index contributed by atoms with van der Waals surface area (Å²) < 4.78 is 36.8. The first-order valence-corrected chi connectivity index (χ1v) is 25.1. The van der Waals surface area contributed by atoms with Crippen LogP contribution in [0.25, 0.3) is 0 Å². The molecule has 0 saturated carbocycles. The first kappa shape index (κ1) is 68.6. The molecule has 9 aromatic rings. The molecule has 0 amide bonds. The summed E-state index contributed by atoms with van der Waals surface area (Å²) in [7, 11) is 6.25. The molecule has 0 saturated heterocycles. The van der Waals surface area contributed by atoms with Gasteiger partial charge in [-0.25, -0.2) is 34.9 Å². The number of halogens is 1. The molecule has 8 aromatic heterocycles. The van der Waals surface area contributed by atoms with E-state index in [9.17, 15) is 9.18 Å². The predicted molar refractivity (Wildman–Crippen MR) is 315 cm³/mol. The van der Waals surface area contributed by atoms with Gasteiger partial charge in [0.05, 0.1) is 70.7 Å². The van der Waals surface area contributed by atoms with Crippen molar-refractivity contribution in [3.05, 3.63) is 219 Å². The Morgan fingerprint density at radius 3 is 1.45 bits per heavy atom. The van der Waals surface area contributed by atoms with Gasteiger partial charge in [0.25, 0.3) is 11.4 Å². The number of hydrogen-bond acceptors (Lipinski definition) is 18. The summed E-state index contributed by atoms with van der Waals surface area (Å²) in [6.07, 6.45) is 10.2. The number of methoxy groups -OCH3 is 4. The fourth-order valence-corrected chi connectivity index (χ4v) is 5.51. The number of H-pyrrole nitrogens is 1. The van der Waals surface area contributed by atoms with Crippen molar-refractivity contribution in [3.8, 4) is 29.4 Å². The molecule has 1 aromatic carbocycles. The van der Waals surface area contributed by atoms with Gasteiger partial charge in [0.1, 0.15) is 0 Å². The van der Waals surface area contributed by atoms with Crippen molar-refractivity contribution >= 4 is 11.5 Å². The second-order valence-electron chi connectivity index (χ2n) is 16.5. The standard InChI is InChI=1S/C8H11NO.C8H11N.C7H10N2O.C7H9NO.C7H8.C6H6FN.C6H9N3O.C6H8N2O.C5H6N2O/c1-3-10-8-6-4-5-7(2)9-8;1-3-8-6-4-5-7(2)9-8;1-5-3-4-6(8)7(9-5)10-2;1-6-4-3-5-7(8-6)9-2;1-7-5-3-2-4-6-7;1-5-3-2-4-8-6(5)7;1-4-3-8-5(7)6(9-4)10-2;1-5-3-7-4-6(8-5)9-2;1-4-2-6-3-5(8)7-4/h4-6H,3H2,1-2H3;4-6H,3H2,1-2H3;3-4H,8H2,1-2H3;3-5H,1-2H3;2-6H,1H3;2-4H,1H3;3H,1-2H3,(H2,7,8);3-4H,1-2H3;2-3H,1H3,(H,7,8). The van der Waals surface area contributed by atoms with Gasteiger partial charge in [-0.15, -0.1) is 0 Å². The third-order valence-corrected chi connectivity index (χ3v) is 9.45. The lowest BCUT2D eigenvalue weighted by molar-refractivity contribution is 0.326. The maximum atomic E-state index is 12.2. The van der Waals surface area contributed by atoms with Gasteiger partial charge in [-0.1, -0.05) is 67.1 Å². The number of nitrogens with two attached hydrogens (primary N) is 2. The number of benzene rings is 1. The molecule has 80 heavy (non-hydrogen) atoms. The minimum atomic E-state index is -0.382. The highest BCUT2D eigenvalue weighted by atomic mass is 19.1. The van der Waals surface area contributed by atoms with E-state index in [4.69, 9.17) is 35.2 Å².